The van der Waals surface area contributed by atoms with E-state index in [0.717, 1.165) is 0 Å². The molecule has 0 fully saturated rings. The van der Waals surface area contributed by atoms with Crippen LogP contribution in [0, 0.1) is 5.41 Å². The van der Waals surface area contributed by atoms with Gasteiger partial charge >= 0.3 is 0 Å². The van der Waals surface area contributed by atoms with Gasteiger partial charge in [-0.25, -0.2) is 0 Å². The predicted octanol–water partition coefficient (Wildman–Crippen LogP) is 0.0315. The van der Waals surface area contributed by atoms with E-state index < -0.39 is 5.41 Å². The molecule has 1 N–H and O–H groups in total. The van der Waals surface area contributed by atoms with Crippen molar-refractivity contribution in [3.8, 4) is 0 Å². The normalized spacial score (nSPS) is 11.3. The quantitative estimate of drug-likeness (QED) is 0.641. The third kappa shape index (κ3) is 2.79. The van der Waals surface area contributed by atoms with Crippen LogP contribution in [0.4, 0.5) is 0 Å². The van der Waals surface area contributed by atoms with Gasteiger partial charge in [-0.05, 0) is 6.92 Å². The number of rotatable bonds is 5. The molecule has 0 saturated heterocycles. The topological polar surface area (TPSA) is 47.6 Å². The summed E-state index contributed by atoms with van der Waals surface area (Å²) in [7, 11) is 4.74. The van der Waals surface area contributed by atoms with Crippen molar-refractivity contribution in [3.63, 3.8) is 0 Å². The Morgan fingerprint density at radius 3 is 2.00 bits per heavy atom. The van der Waals surface area contributed by atoms with Crippen LogP contribution in [0.2, 0.25) is 0 Å². The van der Waals surface area contributed by atoms with E-state index in [1.54, 1.807) is 28.2 Å². The fourth-order valence-corrected chi connectivity index (χ4v) is 1.11. The smallest absolute Gasteiger partial charge is 0.230 e. The first-order valence-electron chi connectivity index (χ1n) is 3.81. The van der Waals surface area contributed by atoms with E-state index in [-0.39, 0.29) is 5.91 Å². The van der Waals surface area contributed by atoms with E-state index in [4.69, 9.17) is 9.47 Å². The second-order valence-corrected chi connectivity index (χ2v) is 3.01. The number of ether oxygens (including phenoxy) is 2. The zero-order valence-electron chi connectivity index (χ0n) is 8.14. The summed E-state index contributed by atoms with van der Waals surface area (Å²) in [5.41, 5.74) is -0.585. The summed E-state index contributed by atoms with van der Waals surface area (Å²) in [5, 5.41) is 2.58. The Kier molecular flexibility index (Phi) is 4.85. The molecule has 0 aliphatic carbocycles. The summed E-state index contributed by atoms with van der Waals surface area (Å²) in [6, 6.07) is 0. The van der Waals surface area contributed by atoms with Gasteiger partial charge in [-0.2, -0.15) is 0 Å². The van der Waals surface area contributed by atoms with Gasteiger partial charge in [-0.15, -0.1) is 0 Å². The fourth-order valence-electron chi connectivity index (χ4n) is 1.11. The van der Waals surface area contributed by atoms with Crippen LogP contribution in [-0.2, 0) is 14.3 Å². The minimum Gasteiger partial charge on any atom is -0.383 e. The molecule has 4 nitrogen and oxygen atoms in total. The van der Waals surface area contributed by atoms with Crippen LogP contribution < -0.4 is 5.32 Å². The zero-order valence-corrected chi connectivity index (χ0v) is 8.14. The SMILES string of the molecule is CNC(=O)C(C)(COC)COC. The van der Waals surface area contributed by atoms with Gasteiger partial charge in [-0.1, -0.05) is 0 Å². The molecule has 0 spiro atoms. The van der Waals surface area contributed by atoms with Gasteiger partial charge in [0.1, 0.15) is 0 Å². The highest BCUT2D eigenvalue weighted by Gasteiger charge is 2.32. The van der Waals surface area contributed by atoms with Crippen LogP contribution in [-0.4, -0.2) is 40.4 Å². The van der Waals surface area contributed by atoms with Gasteiger partial charge in [0.25, 0.3) is 0 Å². The van der Waals surface area contributed by atoms with E-state index in [1.807, 2.05) is 0 Å². The molecule has 72 valence electrons. The lowest BCUT2D eigenvalue weighted by molar-refractivity contribution is -0.136. The Bertz CT molecular complexity index is 141. The predicted molar refractivity (Wildman–Crippen MR) is 45.9 cm³/mol. The largest absolute Gasteiger partial charge is 0.383 e. The molecular weight excluding hydrogens is 158 g/mol. The number of methoxy groups -OCH3 is 2. The summed E-state index contributed by atoms with van der Waals surface area (Å²) >= 11 is 0. The molecule has 0 aromatic rings. The highest BCUT2D eigenvalue weighted by Crippen LogP contribution is 2.16. The molecule has 4 heteroatoms. The number of carbonyl (C=O) groups excluding carboxylic acids is 1. The van der Waals surface area contributed by atoms with Gasteiger partial charge in [0.2, 0.25) is 5.91 Å². The molecule has 0 rings (SSSR count). The van der Waals surface area contributed by atoms with E-state index in [2.05, 4.69) is 5.32 Å². The molecule has 0 saturated carbocycles. The second-order valence-electron chi connectivity index (χ2n) is 3.01. The monoisotopic (exact) mass is 175 g/mol. The lowest BCUT2D eigenvalue weighted by atomic mass is 9.92. The first-order chi connectivity index (χ1) is 5.60. The molecule has 0 aromatic heterocycles. The van der Waals surface area contributed by atoms with Gasteiger partial charge in [0, 0.05) is 21.3 Å². The van der Waals surface area contributed by atoms with Gasteiger partial charge in [0.05, 0.1) is 18.6 Å². The molecule has 0 aromatic carbocycles. The van der Waals surface area contributed by atoms with Crippen molar-refractivity contribution in [2.75, 3.05) is 34.5 Å². The van der Waals surface area contributed by atoms with E-state index in [0.29, 0.717) is 13.2 Å². The molecule has 0 bridgehead atoms. The Balaban J connectivity index is 4.26. The standard InChI is InChI=1S/C8H17NO3/c1-8(5-11-3,6-12-4)7(10)9-2/h5-6H2,1-4H3,(H,9,10). The Labute approximate surface area is 73.2 Å². The van der Waals surface area contributed by atoms with Crippen molar-refractivity contribution in [1.29, 1.82) is 0 Å². The minimum atomic E-state index is -0.585. The van der Waals surface area contributed by atoms with Crippen molar-refractivity contribution < 1.29 is 14.3 Å². The minimum absolute atomic E-state index is 0.0637. The molecule has 0 atom stereocenters. The lowest BCUT2D eigenvalue weighted by Gasteiger charge is -2.25. The molecule has 0 aliphatic rings. The molecule has 0 radical (unpaired) electrons. The third-order valence-corrected chi connectivity index (χ3v) is 1.70. The maximum atomic E-state index is 11.3. The number of nitrogens with one attached hydrogen (secondary N) is 1. The number of hydrogen-bond donors (Lipinski definition) is 1. The van der Waals surface area contributed by atoms with Crippen LogP contribution in [0.3, 0.4) is 0 Å². The summed E-state index contributed by atoms with van der Waals surface area (Å²) in [6.07, 6.45) is 0. The number of carbonyl (C=O) groups is 1. The van der Waals surface area contributed by atoms with Crippen molar-refractivity contribution in [2.45, 2.75) is 6.92 Å². The molecule has 0 aliphatic heterocycles. The second kappa shape index (κ2) is 5.11. The summed E-state index contributed by atoms with van der Waals surface area (Å²) in [4.78, 5) is 11.3. The van der Waals surface area contributed by atoms with E-state index >= 15 is 0 Å². The number of hydrogen-bond acceptors (Lipinski definition) is 3. The van der Waals surface area contributed by atoms with Gasteiger partial charge in [0.15, 0.2) is 0 Å². The number of amides is 1. The van der Waals surface area contributed by atoms with Crippen molar-refractivity contribution in [3.05, 3.63) is 0 Å². The first kappa shape index (κ1) is 11.4. The van der Waals surface area contributed by atoms with Crippen LogP contribution in [0.1, 0.15) is 6.92 Å². The highest BCUT2D eigenvalue weighted by atomic mass is 16.5. The summed E-state index contributed by atoms with van der Waals surface area (Å²) < 4.78 is 9.88. The van der Waals surface area contributed by atoms with Crippen LogP contribution in [0.25, 0.3) is 0 Å². The Hall–Kier alpha value is -0.610. The van der Waals surface area contributed by atoms with E-state index in [9.17, 15) is 4.79 Å². The lowest BCUT2D eigenvalue weighted by Crippen LogP contribution is -2.43. The van der Waals surface area contributed by atoms with Crippen molar-refractivity contribution >= 4 is 5.91 Å². The maximum absolute atomic E-state index is 11.3. The maximum Gasteiger partial charge on any atom is 0.230 e. The molecule has 12 heavy (non-hydrogen) atoms. The fraction of sp³-hybridized carbons (Fsp3) is 0.875. The van der Waals surface area contributed by atoms with Crippen LogP contribution in [0.15, 0.2) is 0 Å². The van der Waals surface area contributed by atoms with Crippen LogP contribution in [0.5, 0.6) is 0 Å². The third-order valence-electron chi connectivity index (χ3n) is 1.70. The van der Waals surface area contributed by atoms with Crippen molar-refractivity contribution in [1.82, 2.24) is 5.32 Å². The molecule has 0 heterocycles. The average Bonchev–Trinajstić information content (AvgIpc) is 2.04. The van der Waals surface area contributed by atoms with Crippen LogP contribution >= 0.6 is 0 Å². The molecule has 1 amide bonds. The average molecular weight is 175 g/mol. The van der Waals surface area contributed by atoms with Gasteiger partial charge < -0.3 is 14.8 Å². The van der Waals surface area contributed by atoms with E-state index in [1.165, 1.54) is 0 Å². The molecular formula is C8H17NO3. The Morgan fingerprint density at radius 2 is 1.75 bits per heavy atom. The first-order valence-corrected chi connectivity index (χ1v) is 3.81. The zero-order chi connectivity index (χ0) is 9.61. The highest BCUT2D eigenvalue weighted by molar-refractivity contribution is 5.82. The van der Waals surface area contributed by atoms with Gasteiger partial charge in [-0.3, -0.25) is 4.79 Å². The van der Waals surface area contributed by atoms with Crippen molar-refractivity contribution in [2.24, 2.45) is 5.41 Å². The summed E-state index contributed by atoms with van der Waals surface area (Å²) in [6.45, 7) is 2.53. The Morgan fingerprint density at radius 1 is 1.33 bits per heavy atom. The molecule has 0 unspecified atom stereocenters. The summed E-state index contributed by atoms with van der Waals surface area (Å²) in [5.74, 6) is -0.0637.